The SMILES string of the molecule is COc1ccc(C2CC(C)(F)CN2)cc1. The molecular weight excluding hydrogens is 193 g/mol. The van der Waals surface area contributed by atoms with Crippen molar-refractivity contribution in [2.45, 2.75) is 25.1 Å². The van der Waals surface area contributed by atoms with Gasteiger partial charge in [0, 0.05) is 19.0 Å². The summed E-state index contributed by atoms with van der Waals surface area (Å²) in [5.41, 5.74) is 0.0436. The fraction of sp³-hybridized carbons (Fsp3) is 0.500. The Morgan fingerprint density at radius 2 is 2.07 bits per heavy atom. The van der Waals surface area contributed by atoms with Gasteiger partial charge in [-0.05, 0) is 24.6 Å². The topological polar surface area (TPSA) is 21.3 Å². The zero-order valence-corrected chi connectivity index (χ0v) is 9.09. The molecule has 1 saturated heterocycles. The molecule has 1 aliphatic rings. The zero-order chi connectivity index (χ0) is 10.9. The van der Waals surface area contributed by atoms with Crippen LogP contribution in [-0.2, 0) is 0 Å². The largest absolute Gasteiger partial charge is 0.497 e. The van der Waals surface area contributed by atoms with Crippen LogP contribution in [0.25, 0.3) is 0 Å². The third kappa shape index (κ3) is 2.29. The Morgan fingerprint density at radius 3 is 2.53 bits per heavy atom. The maximum atomic E-state index is 13.6. The molecule has 0 amide bonds. The molecular formula is C12H16FNO. The van der Waals surface area contributed by atoms with E-state index >= 15 is 0 Å². The number of nitrogens with one attached hydrogen (secondary N) is 1. The highest BCUT2D eigenvalue weighted by Crippen LogP contribution is 2.32. The van der Waals surface area contributed by atoms with Crippen molar-refractivity contribution in [3.05, 3.63) is 29.8 Å². The number of benzene rings is 1. The van der Waals surface area contributed by atoms with E-state index in [4.69, 9.17) is 4.74 Å². The van der Waals surface area contributed by atoms with Crippen LogP contribution in [0.4, 0.5) is 4.39 Å². The minimum atomic E-state index is -1.08. The first-order valence-corrected chi connectivity index (χ1v) is 5.17. The third-order valence-corrected chi connectivity index (χ3v) is 2.86. The van der Waals surface area contributed by atoms with Crippen molar-refractivity contribution in [1.29, 1.82) is 0 Å². The first-order chi connectivity index (χ1) is 7.11. The van der Waals surface area contributed by atoms with E-state index in [9.17, 15) is 4.39 Å². The van der Waals surface area contributed by atoms with Gasteiger partial charge in [0.05, 0.1) is 7.11 Å². The highest BCUT2D eigenvalue weighted by molar-refractivity contribution is 5.30. The molecule has 0 aromatic heterocycles. The van der Waals surface area contributed by atoms with E-state index < -0.39 is 5.67 Å². The molecule has 2 atom stereocenters. The van der Waals surface area contributed by atoms with E-state index in [1.165, 1.54) is 0 Å². The fourth-order valence-corrected chi connectivity index (χ4v) is 1.98. The molecule has 2 rings (SSSR count). The Kier molecular flexibility index (Phi) is 2.65. The average Bonchev–Trinajstić information content (AvgIpc) is 2.59. The number of ether oxygens (including phenoxy) is 1. The van der Waals surface area contributed by atoms with Crippen molar-refractivity contribution in [2.75, 3.05) is 13.7 Å². The summed E-state index contributed by atoms with van der Waals surface area (Å²) in [6.45, 7) is 2.08. The smallest absolute Gasteiger partial charge is 0.122 e. The van der Waals surface area contributed by atoms with Gasteiger partial charge in [-0.15, -0.1) is 0 Å². The van der Waals surface area contributed by atoms with E-state index in [1.54, 1.807) is 14.0 Å². The molecule has 0 bridgehead atoms. The first-order valence-electron chi connectivity index (χ1n) is 5.17. The second-order valence-corrected chi connectivity index (χ2v) is 4.32. The predicted octanol–water partition coefficient (Wildman–Crippen LogP) is 2.46. The molecule has 0 spiro atoms. The highest BCUT2D eigenvalue weighted by atomic mass is 19.1. The molecule has 2 nitrogen and oxygen atoms in total. The number of rotatable bonds is 2. The molecule has 1 aromatic carbocycles. The van der Waals surface area contributed by atoms with Crippen molar-refractivity contribution in [1.82, 2.24) is 5.32 Å². The van der Waals surface area contributed by atoms with Crippen LogP contribution in [0.1, 0.15) is 24.9 Å². The minimum Gasteiger partial charge on any atom is -0.497 e. The lowest BCUT2D eigenvalue weighted by Gasteiger charge is -2.12. The van der Waals surface area contributed by atoms with E-state index in [1.807, 2.05) is 24.3 Å². The summed E-state index contributed by atoms with van der Waals surface area (Å²) in [5.74, 6) is 0.833. The van der Waals surface area contributed by atoms with Crippen LogP contribution < -0.4 is 10.1 Å². The summed E-state index contributed by atoms with van der Waals surface area (Å²) in [6.07, 6.45) is 0.541. The first kappa shape index (κ1) is 10.4. The van der Waals surface area contributed by atoms with E-state index in [-0.39, 0.29) is 6.04 Å². The van der Waals surface area contributed by atoms with Gasteiger partial charge in [0.15, 0.2) is 0 Å². The molecule has 1 heterocycles. The molecule has 1 N–H and O–H groups in total. The normalized spacial score (nSPS) is 30.5. The van der Waals surface area contributed by atoms with Gasteiger partial charge >= 0.3 is 0 Å². The lowest BCUT2D eigenvalue weighted by molar-refractivity contribution is 0.214. The van der Waals surface area contributed by atoms with E-state index in [0.717, 1.165) is 11.3 Å². The molecule has 2 unspecified atom stereocenters. The van der Waals surface area contributed by atoms with Crippen LogP contribution >= 0.6 is 0 Å². The fourth-order valence-electron chi connectivity index (χ4n) is 1.98. The van der Waals surface area contributed by atoms with Crippen LogP contribution in [0.15, 0.2) is 24.3 Å². The number of hydrogen-bond donors (Lipinski definition) is 1. The van der Waals surface area contributed by atoms with Crippen molar-refractivity contribution < 1.29 is 9.13 Å². The second kappa shape index (κ2) is 3.81. The monoisotopic (exact) mass is 209 g/mol. The van der Waals surface area contributed by atoms with E-state index in [0.29, 0.717) is 13.0 Å². The summed E-state index contributed by atoms with van der Waals surface area (Å²) < 4.78 is 18.7. The predicted molar refractivity (Wildman–Crippen MR) is 57.9 cm³/mol. The Balaban J connectivity index is 2.11. The Morgan fingerprint density at radius 1 is 1.40 bits per heavy atom. The van der Waals surface area contributed by atoms with Crippen LogP contribution in [0, 0.1) is 0 Å². The Labute approximate surface area is 89.4 Å². The van der Waals surface area contributed by atoms with Crippen LogP contribution in [0.5, 0.6) is 5.75 Å². The third-order valence-electron chi connectivity index (χ3n) is 2.86. The molecule has 0 aliphatic carbocycles. The zero-order valence-electron chi connectivity index (χ0n) is 9.09. The Hall–Kier alpha value is -1.09. The number of hydrogen-bond acceptors (Lipinski definition) is 2. The van der Waals surface area contributed by atoms with E-state index in [2.05, 4.69) is 5.32 Å². The molecule has 0 saturated carbocycles. The van der Waals surface area contributed by atoms with Gasteiger partial charge in [0.25, 0.3) is 0 Å². The number of methoxy groups -OCH3 is 1. The van der Waals surface area contributed by atoms with Crippen molar-refractivity contribution in [3.63, 3.8) is 0 Å². The lowest BCUT2D eigenvalue weighted by Crippen LogP contribution is -2.20. The van der Waals surface area contributed by atoms with Crippen molar-refractivity contribution in [2.24, 2.45) is 0 Å². The minimum absolute atomic E-state index is 0.130. The van der Waals surface area contributed by atoms with Crippen LogP contribution in [-0.4, -0.2) is 19.3 Å². The molecule has 3 heteroatoms. The van der Waals surface area contributed by atoms with Crippen LogP contribution in [0.2, 0.25) is 0 Å². The van der Waals surface area contributed by atoms with Gasteiger partial charge < -0.3 is 10.1 Å². The number of alkyl halides is 1. The van der Waals surface area contributed by atoms with Gasteiger partial charge in [0.2, 0.25) is 0 Å². The molecule has 1 fully saturated rings. The molecule has 1 aromatic rings. The summed E-state index contributed by atoms with van der Waals surface area (Å²) >= 11 is 0. The quantitative estimate of drug-likeness (QED) is 0.807. The second-order valence-electron chi connectivity index (χ2n) is 4.32. The lowest BCUT2D eigenvalue weighted by atomic mass is 9.99. The van der Waals surface area contributed by atoms with Gasteiger partial charge in [-0.1, -0.05) is 12.1 Å². The molecule has 82 valence electrons. The number of halogens is 1. The van der Waals surface area contributed by atoms with Crippen molar-refractivity contribution >= 4 is 0 Å². The highest BCUT2D eigenvalue weighted by Gasteiger charge is 2.35. The molecule has 0 radical (unpaired) electrons. The van der Waals surface area contributed by atoms with Crippen LogP contribution in [0.3, 0.4) is 0 Å². The maximum absolute atomic E-state index is 13.6. The van der Waals surface area contributed by atoms with Gasteiger partial charge in [-0.3, -0.25) is 0 Å². The summed E-state index contributed by atoms with van der Waals surface area (Å²) in [4.78, 5) is 0. The summed E-state index contributed by atoms with van der Waals surface area (Å²) in [5, 5.41) is 3.18. The Bertz CT molecular complexity index is 334. The standard InChI is InChI=1S/C12H16FNO/c1-12(13)7-11(14-8-12)9-3-5-10(15-2)6-4-9/h3-6,11,14H,7-8H2,1-2H3. The van der Waals surface area contributed by atoms with Crippen molar-refractivity contribution in [3.8, 4) is 5.75 Å². The molecule has 15 heavy (non-hydrogen) atoms. The van der Waals surface area contributed by atoms with Gasteiger partial charge in [-0.2, -0.15) is 0 Å². The summed E-state index contributed by atoms with van der Waals surface area (Å²) in [7, 11) is 1.64. The maximum Gasteiger partial charge on any atom is 0.122 e. The summed E-state index contributed by atoms with van der Waals surface area (Å²) in [6, 6.07) is 7.91. The van der Waals surface area contributed by atoms with Gasteiger partial charge in [-0.25, -0.2) is 4.39 Å². The molecule has 1 aliphatic heterocycles. The average molecular weight is 209 g/mol. The van der Waals surface area contributed by atoms with Gasteiger partial charge in [0.1, 0.15) is 11.4 Å².